The summed E-state index contributed by atoms with van der Waals surface area (Å²) in [6, 6.07) is 6.54. The van der Waals surface area contributed by atoms with Gasteiger partial charge in [0, 0.05) is 12.5 Å². The van der Waals surface area contributed by atoms with Crippen molar-refractivity contribution in [2.75, 3.05) is 13.1 Å². The van der Waals surface area contributed by atoms with E-state index in [0.717, 1.165) is 12.0 Å². The van der Waals surface area contributed by atoms with Gasteiger partial charge < -0.3 is 9.84 Å². The number of aliphatic carboxylic acids is 1. The number of hydrogen-bond acceptors (Lipinski definition) is 3. The lowest BCUT2D eigenvalue weighted by atomic mass is 9.86. The van der Waals surface area contributed by atoms with Crippen molar-refractivity contribution in [3.05, 3.63) is 70.5 Å². The normalized spacial score (nSPS) is 25.6. The molecule has 4 rings (SSSR count). The Morgan fingerprint density at radius 3 is 2.16 bits per heavy atom. The maximum absolute atomic E-state index is 13.6. The quantitative estimate of drug-likeness (QED) is 0.378. The molecule has 0 bridgehead atoms. The molecule has 0 spiro atoms. The monoisotopic (exact) mass is 547 g/mol. The zero-order valence-electron chi connectivity index (χ0n) is 20.5. The van der Waals surface area contributed by atoms with Gasteiger partial charge >= 0.3 is 18.3 Å². The lowest BCUT2D eigenvalue weighted by Gasteiger charge is -2.31. The molecule has 2 fully saturated rings. The summed E-state index contributed by atoms with van der Waals surface area (Å²) in [4.78, 5) is 13.6. The number of likely N-dealkylation sites (tertiary alicyclic amines) is 1. The van der Waals surface area contributed by atoms with E-state index >= 15 is 0 Å². The summed E-state index contributed by atoms with van der Waals surface area (Å²) in [6.45, 7) is 2.45. The fourth-order valence-corrected chi connectivity index (χ4v) is 5.75. The molecule has 4 nitrogen and oxygen atoms in total. The van der Waals surface area contributed by atoms with E-state index in [0.29, 0.717) is 44.5 Å². The van der Waals surface area contributed by atoms with Crippen molar-refractivity contribution in [1.29, 1.82) is 0 Å². The van der Waals surface area contributed by atoms with Crippen LogP contribution in [0.1, 0.15) is 66.9 Å². The molecular formula is C27H28F7NO3. The lowest BCUT2D eigenvalue weighted by molar-refractivity contribution is -0.144. The zero-order valence-corrected chi connectivity index (χ0v) is 20.5. The fraction of sp³-hybridized carbons (Fsp3) is 0.519. The third-order valence-electron chi connectivity index (χ3n) is 7.56. The summed E-state index contributed by atoms with van der Waals surface area (Å²) in [7, 11) is 0. The summed E-state index contributed by atoms with van der Waals surface area (Å²) in [5.74, 6) is -1.81. The first kappa shape index (κ1) is 28.4. The number of carbonyl (C=O) groups is 1. The number of carboxylic acids is 1. The van der Waals surface area contributed by atoms with Crippen molar-refractivity contribution in [2.45, 2.75) is 69.1 Å². The minimum atomic E-state index is -4.97. The molecule has 1 aliphatic carbocycles. The molecule has 2 aromatic rings. The van der Waals surface area contributed by atoms with Crippen molar-refractivity contribution < 1.29 is 45.4 Å². The van der Waals surface area contributed by atoms with Crippen LogP contribution in [0.3, 0.4) is 0 Å². The van der Waals surface area contributed by atoms with Gasteiger partial charge in [-0.1, -0.05) is 12.1 Å². The van der Waals surface area contributed by atoms with Gasteiger partial charge in [0.25, 0.3) is 0 Å². The average Bonchev–Trinajstić information content (AvgIpc) is 3.46. The fourth-order valence-electron chi connectivity index (χ4n) is 5.75. The number of halogens is 7. The van der Waals surface area contributed by atoms with Gasteiger partial charge in [0.1, 0.15) is 11.9 Å². The molecule has 0 amide bonds. The van der Waals surface area contributed by atoms with Gasteiger partial charge in [-0.05, 0) is 86.5 Å². The smallest absolute Gasteiger partial charge is 0.416 e. The van der Waals surface area contributed by atoms with Crippen LogP contribution in [-0.2, 0) is 21.9 Å². The topological polar surface area (TPSA) is 49.8 Å². The summed E-state index contributed by atoms with van der Waals surface area (Å²) >= 11 is 0. The number of alkyl halides is 6. The van der Waals surface area contributed by atoms with Crippen LogP contribution < -0.4 is 0 Å². The number of rotatable bonds is 7. The zero-order chi connectivity index (χ0) is 27.8. The Balaban J connectivity index is 1.61. The summed E-state index contributed by atoms with van der Waals surface area (Å²) in [5.41, 5.74) is -2.35. The third-order valence-corrected chi connectivity index (χ3v) is 7.56. The minimum absolute atomic E-state index is 0.0814. The molecule has 2 aromatic carbocycles. The first-order valence-corrected chi connectivity index (χ1v) is 12.4. The highest BCUT2D eigenvalue weighted by molar-refractivity contribution is 5.73. The maximum atomic E-state index is 13.6. The Hall–Kier alpha value is -2.66. The second kappa shape index (κ2) is 10.8. The van der Waals surface area contributed by atoms with Gasteiger partial charge in [-0.15, -0.1) is 0 Å². The van der Waals surface area contributed by atoms with E-state index in [2.05, 4.69) is 0 Å². The van der Waals surface area contributed by atoms with Crippen LogP contribution in [-0.4, -0.2) is 41.2 Å². The van der Waals surface area contributed by atoms with Crippen molar-refractivity contribution in [1.82, 2.24) is 4.90 Å². The van der Waals surface area contributed by atoms with Crippen LogP contribution in [0.25, 0.3) is 0 Å². The molecule has 5 atom stereocenters. The number of nitrogens with zero attached hydrogens (tertiary/aromatic N) is 1. The lowest BCUT2D eigenvalue weighted by Crippen LogP contribution is -2.40. The molecule has 1 saturated carbocycles. The number of benzene rings is 2. The van der Waals surface area contributed by atoms with Crippen molar-refractivity contribution in [3.8, 4) is 0 Å². The van der Waals surface area contributed by atoms with Crippen LogP contribution in [0.2, 0.25) is 0 Å². The van der Waals surface area contributed by atoms with E-state index in [1.54, 1.807) is 12.1 Å². The molecule has 1 saturated heterocycles. The van der Waals surface area contributed by atoms with Gasteiger partial charge in [0.15, 0.2) is 0 Å². The Labute approximate surface area is 215 Å². The molecule has 1 heterocycles. The molecule has 1 aliphatic heterocycles. The van der Waals surface area contributed by atoms with Crippen molar-refractivity contribution in [3.63, 3.8) is 0 Å². The van der Waals surface area contributed by atoms with E-state index in [4.69, 9.17) is 4.74 Å². The average molecular weight is 548 g/mol. The van der Waals surface area contributed by atoms with Crippen LogP contribution in [0.4, 0.5) is 30.7 Å². The van der Waals surface area contributed by atoms with E-state index in [1.165, 1.54) is 19.1 Å². The Kier molecular flexibility index (Phi) is 8.09. The van der Waals surface area contributed by atoms with Gasteiger partial charge in [0.05, 0.1) is 23.3 Å². The molecule has 11 heteroatoms. The largest absolute Gasteiger partial charge is 0.480 e. The molecule has 0 radical (unpaired) electrons. The highest BCUT2D eigenvalue weighted by atomic mass is 19.4. The van der Waals surface area contributed by atoms with Crippen molar-refractivity contribution in [2.24, 2.45) is 5.92 Å². The summed E-state index contributed by atoms with van der Waals surface area (Å²) < 4.78 is 100.0. The van der Waals surface area contributed by atoms with E-state index < -0.39 is 53.5 Å². The number of carboxylic acid groups (broad SMARTS) is 1. The van der Waals surface area contributed by atoms with E-state index in [-0.39, 0.29) is 23.5 Å². The molecule has 1 N–H and O–H groups in total. The second-order valence-corrected chi connectivity index (χ2v) is 10.1. The molecule has 208 valence electrons. The summed E-state index contributed by atoms with van der Waals surface area (Å²) in [6.07, 6.45) is -9.27. The van der Waals surface area contributed by atoms with Gasteiger partial charge in [-0.3, -0.25) is 9.69 Å². The highest BCUT2D eigenvalue weighted by Crippen LogP contribution is 2.45. The number of ether oxygens (including phenoxy) is 1. The van der Waals surface area contributed by atoms with E-state index in [9.17, 15) is 40.6 Å². The molecule has 0 aromatic heterocycles. The van der Waals surface area contributed by atoms with Crippen LogP contribution >= 0.6 is 0 Å². The molecule has 38 heavy (non-hydrogen) atoms. The van der Waals surface area contributed by atoms with Gasteiger partial charge in [0.2, 0.25) is 0 Å². The molecule has 2 aliphatic rings. The molecule has 0 unspecified atom stereocenters. The van der Waals surface area contributed by atoms with Gasteiger partial charge in [-0.2, -0.15) is 26.3 Å². The standard InChI is InChI=1S/C27H28F7NO3/c1-15(18-11-19(26(29,30)31)13-20(12-18)27(32,33)34)38-23-9-6-17(14-35-10-2-3-22(35)25(36)37)24(23)16-4-7-21(28)8-5-16/h4-5,7-8,11-13,15,17,22-24H,2-3,6,9-10,14H2,1H3,(H,36,37)/t15-,17+,22-,23+,24+/m1/s1. The number of hydrogen-bond donors (Lipinski definition) is 1. The van der Waals surface area contributed by atoms with Crippen molar-refractivity contribution >= 4 is 5.97 Å². The van der Waals surface area contributed by atoms with Crippen LogP contribution in [0, 0.1) is 11.7 Å². The Morgan fingerprint density at radius 2 is 1.61 bits per heavy atom. The highest BCUT2D eigenvalue weighted by Gasteiger charge is 2.43. The predicted molar refractivity (Wildman–Crippen MR) is 124 cm³/mol. The first-order chi connectivity index (χ1) is 17.7. The minimum Gasteiger partial charge on any atom is -0.480 e. The Bertz CT molecular complexity index is 1100. The van der Waals surface area contributed by atoms with Crippen LogP contribution in [0.15, 0.2) is 42.5 Å². The molecular weight excluding hydrogens is 519 g/mol. The predicted octanol–water partition coefficient (Wildman–Crippen LogP) is 7.05. The summed E-state index contributed by atoms with van der Waals surface area (Å²) in [5, 5.41) is 9.56. The SMILES string of the molecule is C[C@@H](O[C@H]1CC[C@@H](CN2CCC[C@@H]2C(=O)O)[C@@H]1c1ccc(F)cc1)c1cc(C(F)(F)F)cc(C(F)(F)F)c1. The van der Waals surface area contributed by atoms with E-state index in [1.807, 2.05) is 4.90 Å². The third kappa shape index (κ3) is 6.31. The maximum Gasteiger partial charge on any atom is 0.416 e. The van der Waals surface area contributed by atoms with Gasteiger partial charge in [-0.25, -0.2) is 4.39 Å². The first-order valence-electron chi connectivity index (χ1n) is 12.4. The Morgan fingerprint density at radius 1 is 1.00 bits per heavy atom. The second-order valence-electron chi connectivity index (χ2n) is 10.1. The van der Waals surface area contributed by atoms with Crippen LogP contribution in [0.5, 0.6) is 0 Å².